The minimum absolute atomic E-state index is 0.400. The molecule has 13 heavy (non-hydrogen) atoms. The molecule has 0 saturated heterocycles. The van der Waals surface area contributed by atoms with Gasteiger partial charge in [-0.2, -0.15) is 0 Å². The molecule has 0 radical (unpaired) electrons. The molecule has 5 heteroatoms. The van der Waals surface area contributed by atoms with E-state index < -0.39 is 0 Å². The van der Waals surface area contributed by atoms with E-state index in [1.54, 1.807) is 6.08 Å². The van der Waals surface area contributed by atoms with Crippen molar-refractivity contribution in [2.24, 2.45) is 0 Å². The number of nitrogens with one attached hydrogen (secondary N) is 1. The number of nitrogens with two attached hydrogens (primary N) is 1. The molecule has 0 unspecified atom stereocenters. The van der Waals surface area contributed by atoms with E-state index in [1.807, 2.05) is 0 Å². The fourth-order valence-electron chi connectivity index (χ4n) is 1.13. The van der Waals surface area contributed by atoms with Gasteiger partial charge in [-0.05, 0) is 0 Å². The van der Waals surface area contributed by atoms with Crippen LogP contribution in [0.2, 0.25) is 0 Å². The van der Waals surface area contributed by atoms with Gasteiger partial charge in [0.15, 0.2) is 11.5 Å². The van der Waals surface area contributed by atoms with Crippen molar-refractivity contribution in [2.45, 2.75) is 6.42 Å². The third kappa shape index (κ3) is 1.24. The molecule has 0 fully saturated rings. The number of nitrogen functional groups attached to an aromatic ring is 1. The Morgan fingerprint density at radius 2 is 2.38 bits per heavy atom. The zero-order chi connectivity index (χ0) is 9.26. The van der Waals surface area contributed by atoms with E-state index in [-0.39, 0.29) is 0 Å². The van der Waals surface area contributed by atoms with Crippen LogP contribution in [0, 0.1) is 0 Å². The van der Waals surface area contributed by atoms with Crippen molar-refractivity contribution in [3.63, 3.8) is 0 Å². The minimum atomic E-state index is 0.400. The first-order chi connectivity index (χ1) is 6.31. The Morgan fingerprint density at radius 3 is 3.08 bits per heavy atom. The number of hydrogen-bond donors (Lipinski definition) is 2. The van der Waals surface area contributed by atoms with Crippen LogP contribution in [0.4, 0.5) is 5.82 Å². The Bertz CT molecular complexity index is 445. The lowest BCUT2D eigenvalue weighted by Crippen LogP contribution is -1.91. The highest BCUT2D eigenvalue weighted by Gasteiger charge is 2.05. The normalized spacial score (nSPS) is 10.5. The molecule has 0 aliphatic heterocycles. The van der Waals surface area contributed by atoms with Crippen molar-refractivity contribution in [1.29, 1.82) is 0 Å². The molecule has 2 heterocycles. The Kier molecular flexibility index (Phi) is 1.70. The molecular formula is C8H9N5. The van der Waals surface area contributed by atoms with E-state index in [0.29, 0.717) is 23.4 Å². The molecule has 66 valence electrons. The third-order valence-electron chi connectivity index (χ3n) is 1.70. The summed E-state index contributed by atoms with van der Waals surface area (Å²) < 4.78 is 0. The summed E-state index contributed by atoms with van der Waals surface area (Å²) in [4.78, 5) is 15.1. The largest absolute Gasteiger partial charge is 0.382 e. The summed E-state index contributed by atoms with van der Waals surface area (Å²) in [7, 11) is 0. The highest BCUT2D eigenvalue weighted by atomic mass is 15.0. The van der Waals surface area contributed by atoms with Crippen LogP contribution >= 0.6 is 0 Å². The molecule has 0 amide bonds. The third-order valence-corrected chi connectivity index (χ3v) is 1.70. The molecule has 3 N–H and O–H groups in total. The Hall–Kier alpha value is -1.91. The smallest absolute Gasteiger partial charge is 0.163 e. The maximum absolute atomic E-state index is 5.61. The number of rotatable bonds is 2. The molecule has 2 rings (SSSR count). The van der Waals surface area contributed by atoms with E-state index in [4.69, 9.17) is 5.73 Å². The summed E-state index contributed by atoms with van der Waals surface area (Å²) in [6, 6.07) is 0. The fourth-order valence-corrected chi connectivity index (χ4v) is 1.13. The van der Waals surface area contributed by atoms with Gasteiger partial charge in [0, 0.05) is 6.42 Å². The topological polar surface area (TPSA) is 80.5 Å². The summed E-state index contributed by atoms with van der Waals surface area (Å²) in [6.07, 6.45) is 3.85. The van der Waals surface area contributed by atoms with Crippen molar-refractivity contribution in [3.8, 4) is 0 Å². The molecule has 0 aliphatic rings. The molecular weight excluding hydrogens is 166 g/mol. The van der Waals surface area contributed by atoms with Crippen molar-refractivity contribution >= 4 is 17.0 Å². The number of aromatic nitrogens is 4. The highest BCUT2D eigenvalue weighted by molar-refractivity contribution is 5.80. The number of hydrogen-bond acceptors (Lipinski definition) is 4. The van der Waals surface area contributed by atoms with E-state index >= 15 is 0 Å². The first-order valence-corrected chi connectivity index (χ1v) is 3.87. The van der Waals surface area contributed by atoms with Gasteiger partial charge >= 0.3 is 0 Å². The molecule has 2 aromatic heterocycles. The van der Waals surface area contributed by atoms with Gasteiger partial charge in [-0.3, -0.25) is 0 Å². The van der Waals surface area contributed by atoms with Crippen LogP contribution in [0.1, 0.15) is 5.82 Å². The van der Waals surface area contributed by atoms with E-state index in [0.717, 1.165) is 5.82 Å². The Labute approximate surface area is 74.7 Å². The van der Waals surface area contributed by atoms with Gasteiger partial charge in [-0.25, -0.2) is 15.0 Å². The number of aromatic amines is 1. The van der Waals surface area contributed by atoms with Crippen LogP contribution < -0.4 is 5.73 Å². The van der Waals surface area contributed by atoms with Crippen molar-refractivity contribution in [2.75, 3.05) is 5.73 Å². The van der Waals surface area contributed by atoms with Gasteiger partial charge in [0.05, 0.1) is 0 Å². The van der Waals surface area contributed by atoms with Gasteiger partial charge in [-0.15, -0.1) is 6.58 Å². The standard InChI is InChI=1S/C8H9N5/c1-2-3-5-12-6-7(9)10-4-11-8(6)13-5/h2,4H,1,3H2,(H3,9,10,11,12,13). The number of imidazole rings is 1. The number of H-pyrrole nitrogens is 1. The molecule has 5 nitrogen and oxygen atoms in total. The van der Waals surface area contributed by atoms with Gasteiger partial charge in [0.1, 0.15) is 17.7 Å². The lowest BCUT2D eigenvalue weighted by atomic mass is 10.4. The van der Waals surface area contributed by atoms with E-state index in [2.05, 4.69) is 26.5 Å². The molecule has 0 aliphatic carbocycles. The lowest BCUT2D eigenvalue weighted by molar-refractivity contribution is 1.07. The van der Waals surface area contributed by atoms with Crippen LogP contribution in [0.15, 0.2) is 19.0 Å². The predicted octanol–water partition coefficient (Wildman–Crippen LogP) is 0.664. The molecule has 0 saturated carbocycles. The van der Waals surface area contributed by atoms with Crippen LogP contribution in [-0.2, 0) is 6.42 Å². The van der Waals surface area contributed by atoms with Gasteiger partial charge in [0.25, 0.3) is 0 Å². The number of allylic oxidation sites excluding steroid dienone is 1. The average Bonchev–Trinajstić information content (AvgIpc) is 2.49. The maximum atomic E-state index is 5.61. The van der Waals surface area contributed by atoms with Crippen LogP contribution in [0.25, 0.3) is 11.2 Å². The van der Waals surface area contributed by atoms with Crippen molar-refractivity contribution in [3.05, 3.63) is 24.8 Å². The second kappa shape index (κ2) is 2.85. The maximum Gasteiger partial charge on any atom is 0.163 e. The average molecular weight is 175 g/mol. The summed E-state index contributed by atoms with van der Waals surface area (Å²) in [5.74, 6) is 1.20. The monoisotopic (exact) mass is 175 g/mol. The summed E-state index contributed by atoms with van der Waals surface area (Å²) in [5.41, 5.74) is 6.90. The predicted molar refractivity (Wildman–Crippen MR) is 50.0 cm³/mol. The second-order valence-corrected chi connectivity index (χ2v) is 2.63. The lowest BCUT2D eigenvalue weighted by Gasteiger charge is -1.88. The van der Waals surface area contributed by atoms with Crippen LogP contribution in [0.5, 0.6) is 0 Å². The summed E-state index contributed by atoms with van der Waals surface area (Å²) in [6.45, 7) is 3.62. The summed E-state index contributed by atoms with van der Waals surface area (Å²) in [5, 5.41) is 0. The molecule has 0 aromatic carbocycles. The fraction of sp³-hybridized carbons (Fsp3) is 0.125. The second-order valence-electron chi connectivity index (χ2n) is 2.63. The first-order valence-electron chi connectivity index (χ1n) is 3.87. The number of nitrogens with zero attached hydrogens (tertiary/aromatic N) is 3. The van der Waals surface area contributed by atoms with E-state index in [1.165, 1.54) is 6.33 Å². The first kappa shape index (κ1) is 7.72. The van der Waals surface area contributed by atoms with Crippen LogP contribution in [0.3, 0.4) is 0 Å². The van der Waals surface area contributed by atoms with Crippen LogP contribution in [-0.4, -0.2) is 19.9 Å². The van der Waals surface area contributed by atoms with Gasteiger partial charge in [0.2, 0.25) is 0 Å². The quantitative estimate of drug-likeness (QED) is 0.657. The minimum Gasteiger partial charge on any atom is -0.382 e. The highest BCUT2D eigenvalue weighted by Crippen LogP contribution is 2.13. The van der Waals surface area contributed by atoms with Gasteiger partial charge < -0.3 is 10.7 Å². The molecule has 0 bridgehead atoms. The molecule has 2 aromatic rings. The number of anilines is 1. The number of fused-ring (bicyclic) bond motifs is 1. The Balaban J connectivity index is 2.61. The van der Waals surface area contributed by atoms with Crippen molar-refractivity contribution < 1.29 is 0 Å². The Morgan fingerprint density at radius 1 is 1.54 bits per heavy atom. The molecule has 0 atom stereocenters. The summed E-state index contributed by atoms with van der Waals surface area (Å²) >= 11 is 0. The molecule has 0 spiro atoms. The zero-order valence-corrected chi connectivity index (χ0v) is 6.99. The van der Waals surface area contributed by atoms with Crippen molar-refractivity contribution in [1.82, 2.24) is 19.9 Å². The van der Waals surface area contributed by atoms with E-state index in [9.17, 15) is 0 Å². The zero-order valence-electron chi connectivity index (χ0n) is 6.99. The SMILES string of the molecule is C=CCc1nc2c(N)ncnc2[nH]1. The van der Waals surface area contributed by atoms with Gasteiger partial charge in [-0.1, -0.05) is 6.08 Å².